The first-order valence-electron chi connectivity index (χ1n) is 6.05. The maximum absolute atomic E-state index is 12.0. The Bertz CT molecular complexity index is 395. The van der Waals surface area contributed by atoms with Crippen molar-refractivity contribution in [2.24, 2.45) is 17.8 Å². The van der Waals surface area contributed by atoms with Gasteiger partial charge >= 0.3 is 6.03 Å². The number of urea groups is 1. The molecule has 3 rings (SSSR count). The number of rotatable bonds is 2. The van der Waals surface area contributed by atoms with Crippen LogP contribution in [-0.4, -0.2) is 29.4 Å². The van der Waals surface area contributed by atoms with Crippen molar-refractivity contribution >= 4 is 17.8 Å². The Morgan fingerprint density at radius 2 is 2.12 bits per heavy atom. The maximum atomic E-state index is 12.0. The van der Waals surface area contributed by atoms with Crippen LogP contribution in [0.25, 0.3) is 0 Å². The van der Waals surface area contributed by atoms with Crippen molar-refractivity contribution in [3.63, 3.8) is 0 Å². The average Bonchev–Trinajstić information content (AvgIpc) is 2.94. The standard InChI is InChI=1S/C11H15N3O3/c15-9-5-14(11(17)12-9)13-10(16)8-4-6-1-2-7(8)3-6/h6-8H,1-5H2,(H,13,16)(H,12,15,17)/t6-,7-,8-/m0/s1. The second-order valence-electron chi connectivity index (χ2n) is 5.20. The molecule has 1 aliphatic heterocycles. The summed E-state index contributed by atoms with van der Waals surface area (Å²) in [5.74, 6) is 0.702. The molecule has 1 saturated heterocycles. The fourth-order valence-corrected chi connectivity index (χ4v) is 3.31. The molecule has 0 aromatic rings. The zero-order valence-electron chi connectivity index (χ0n) is 9.44. The van der Waals surface area contributed by atoms with Gasteiger partial charge in [-0.15, -0.1) is 0 Å². The summed E-state index contributed by atoms with van der Waals surface area (Å²) < 4.78 is 0. The first-order chi connectivity index (χ1) is 8.13. The molecular formula is C11H15N3O3. The van der Waals surface area contributed by atoms with Gasteiger partial charge in [-0.1, -0.05) is 6.42 Å². The molecule has 0 spiro atoms. The van der Waals surface area contributed by atoms with Crippen molar-refractivity contribution in [1.29, 1.82) is 0 Å². The first kappa shape index (κ1) is 10.6. The first-order valence-corrected chi connectivity index (χ1v) is 6.05. The molecule has 0 aromatic carbocycles. The summed E-state index contributed by atoms with van der Waals surface area (Å²) in [4.78, 5) is 34.2. The van der Waals surface area contributed by atoms with Crippen LogP contribution in [-0.2, 0) is 9.59 Å². The van der Waals surface area contributed by atoms with E-state index in [2.05, 4.69) is 10.7 Å². The Labute approximate surface area is 98.7 Å². The normalized spacial score (nSPS) is 35.3. The van der Waals surface area contributed by atoms with Gasteiger partial charge in [0.25, 0.3) is 0 Å². The Balaban J connectivity index is 1.60. The van der Waals surface area contributed by atoms with Gasteiger partial charge in [-0.25, -0.2) is 9.80 Å². The Morgan fingerprint density at radius 3 is 2.65 bits per heavy atom. The zero-order valence-corrected chi connectivity index (χ0v) is 9.44. The second kappa shape index (κ2) is 3.72. The number of hydrogen-bond donors (Lipinski definition) is 2. The Morgan fingerprint density at radius 1 is 1.29 bits per heavy atom. The van der Waals surface area contributed by atoms with Gasteiger partial charge in [0.2, 0.25) is 11.8 Å². The van der Waals surface area contributed by atoms with Crippen LogP contribution in [0.1, 0.15) is 25.7 Å². The van der Waals surface area contributed by atoms with E-state index in [1.54, 1.807) is 0 Å². The van der Waals surface area contributed by atoms with E-state index in [1.807, 2.05) is 0 Å². The van der Waals surface area contributed by atoms with Crippen LogP contribution in [0.2, 0.25) is 0 Å². The molecule has 2 bridgehead atoms. The molecule has 17 heavy (non-hydrogen) atoms. The number of fused-ring (bicyclic) bond motifs is 2. The predicted molar refractivity (Wildman–Crippen MR) is 57.3 cm³/mol. The largest absolute Gasteiger partial charge is 0.343 e. The van der Waals surface area contributed by atoms with Crippen molar-refractivity contribution in [2.45, 2.75) is 25.7 Å². The molecule has 2 N–H and O–H groups in total. The number of nitrogens with zero attached hydrogens (tertiary/aromatic N) is 1. The number of hydrazine groups is 1. The number of amides is 4. The highest BCUT2D eigenvalue weighted by Gasteiger charge is 2.44. The summed E-state index contributed by atoms with van der Waals surface area (Å²) in [6, 6.07) is -0.536. The van der Waals surface area contributed by atoms with Gasteiger partial charge in [-0.05, 0) is 31.1 Å². The molecule has 3 atom stereocenters. The molecule has 2 saturated carbocycles. The van der Waals surface area contributed by atoms with Crippen LogP contribution < -0.4 is 10.7 Å². The van der Waals surface area contributed by atoms with Crippen LogP contribution in [0.4, 0.5) is 4.79 Å². The van der Waals surface area contributed by atoms with Crippen LogP contribution in [0.3, 0.4) is 0 Å². The summed E-state index contributed by atoms with van der Waals surface area (Å²) in [5.41, 5.74) is 2.55. The molecule has 4 amide bonds. The van der Waals surface area contributed by atoms with E-state index in [0.29, 0.717) is 11.8 Å². The third-order valence-corrected chi connectivity index (χ3v) is 4.11. The summed E-state index contributed by atoms with van der Waals surface area (Å²) in [6.07, 6.45) is 4.42. The predicted octanol–water partition coefficient (Wildman–Crippen LogP) is 0.00560. The van der Waals surface area contributed by atoms with Crippen LogP contribution in [0.5, 0.6) is 0 Å². The summed E-state index contributed by atoms with van der Waals surface area (Å²) in [7, 11) is 0. The lowest BCUT2D eigenvalue weighted by atomic mass is 9.88. The molecular weight excluding hydrogens is 222 g/mol. The molecule has 6 nitrogen and oxygen atoms in total. The SMILES string of the molecule is O=C1CN(NC(=O)[C@H]2C[C@H]3CC[C@H]2C3)C(=O)N1. The minimum Gasteiger partial charge on any atom is -0.275 e. The monoisotopic (exact) mass is 237 g/mol. The summed E-state index contributed by atoms with van der Waals surface area (Å²) in [6.45, 7) is -0.0780. The highest BCUT2D eigenvalue weighted by Crippen LogP contribution is 2.48. The maximum Gasteiger partial charge on any atom is 0.343 e. The van der Waals surface area contributed by atoms with Gasteiger partial charge in [0.15, 0.2) is 0 Å². The topological polar surface area (TPSA) is 78.5 Å². The van der Waals surface area contributed by atoms with Gasteiger partial charge in [-0.2, -0.15) is 0 Å². The van der Waals surface area contributed by atoms with Gasteiger partial charge in [0.05, 0.1) is 0 Å². The Hall–Kier alpha value is -1.59. The molecule has 0 aromatic heterocycles. The lowest BCUT2D eigenvalue weighted by molar-refractivity contribution is -0.130. The van der Waals surface area contributed by atoms with Gasteiger partial charge < -0.3 is 0 Å². The van der Waals surface area contributed by atoms with E-state index < -0.39 is 6.03 Å². The van der Waals surface area contributed by atoms with Gasteiger partial charge in [-0.3, -0.25) is 20.3 Å². The molecule has 1 heterocycles. The smallest absolute Gasteiger partial charge is 0.275 e. The van der Waals surface area contributed by atoms with E-state index in [-0.39, 0.29) is 24.3 Å². The summed E-state index contributed by atoms with van der Waals surface area (Å²) in [5, 5.41) is 3.20. The van der Waals surface area contributed by atoms with E-state index in [1.165, 1.54) is 6.42 Å². The molecule has 92 valence electrons. The molecule has 6 heteroatoms. The van der Waals surface area contributed by atoms with E-state index in [9.17, 15) is 14.4 Å². The molecule has 3 aliphatic rings. The van der Waals surface area contributed by atoms with Crippen LogP contribution in [0.15, 0.2) is 0 Å². The second-order valence-corrected chi connectivity index (χ2v) is 5.20. The number of hydrogen-bond acceptors (Lipinski definition) is 3. The number of carbonyl (C=O) groups is 3. The number of imide groups is 1. The van der Waals surface area contributed by atoms with Crippen molar-refractivity contribution in [3.05, 3.63) is 0 Å². The van der Waals surface area contributed by atoms with E-state index >= 15 is 0 Å². The van der Waals surface area contributed by atoms with Crippen molar-refractivity contribution in [2.75, 3.05) is 6.54 Å². The third-order valence-electron chi connectivity index (χ3n) is 4.11. The Kier molecular flexibility index (Phi) is 2.31. The lowest BCUT2D eigenvalue weighted by Gasteiger charge is -2.23. The van der Waals surface area contributed by atoms with Gasteiger partial charge in [0, 0.05) is 5.92 Å². The van der Waals surface area contributed by atoms with E-state index in [0.717, 1.165) is 24.3 Å². The molecule has 3 fully saturated rings. The quantitative estimate of drug-likeness (QED) is 0.664. The highest BCUT2D eigenvalue weighted by atomic mass is 16.2. The highest BCUT2D eigenvalue weighted by molar-refractivity contribution is 6.02. The van der Waals surface area contributed by atoms with Crippen molar-refractivity contribution in [3.8, 4) is 0 Å². The van der Waals surface area contributed by atoms with E-state index in [4.69, 9.17) is 0 Å². The average molecular weight is 237 g/mol. The molecule has 0 radical (unpaired) electrons. The van der Waals surface area contributed by atoms with Gasteiger partial charge in [0.1, 0.15) is 6.54 Å². The number of carbonyl (C=O) groups excluding carboxylic acids is 3. The van der Waals surface area contributed by atoms with Crippen molar-refractivity contribution < 1.29 is 14.4 Å². The summed E-state index contributed by atoms with van der Waals surface area (Å²) >= 11 is 0. The lowest BCUT2D eigenvalue weighted by Crippen LogP contribution is -2.47. The third kappa shape index (κ3) is 1.77. The number of nitrogens with one attached hydrogen (secondary N) is 2. The zero-order chi connectivity index (χ0) is 12.0. The molecule has 2 aliphatic carbocycles. The molecule has 0 unspecified atom stereocenters. The fourth-order valence-electron chi connectivity index (χ4n) is 3.31. The minimum absolute atomic E-state index is 0.0252. The van der Waals surface area contributed by atoms with Crippen LogP contribution >= 0.6 is 0 Å². The van der Waals surface area contributed by atoms with Crippen LogP contribution in [0, 0.1) is 17.8 Å². The minimum atomic E-state index is -0.536. The fraction of sp³-hybridized carbons (Fsp3) is 0.727. The van der Waals surface area contributed by atoms with Crippen molar-refractivity contribution in [1.82, 2.24) is 15.8 Å².